The van der Waals surface area contributed by atoms with E-state index in [0.29, 0.717) is 6.54 Å². The van der Waals surface area contributed by atoms with Crippen LogP contribution in [0.5, 0.6) is 5.75 Å². The van der Waals surface area contributed by atoms with Gasteiger partial charge in [0.2, 0.25) is 5.91 Å². The number of phenols is 1. The van der Waals surface area contributed by atoms with E-state index in [9.17, 15) is 9.90 Å². The third-order valence-electron chi connectivity index (χ3n) is 3.97. The number of halogens is 1. The second-order valence-electron chi connectivity index (χ2n) is 5.20. The van der Waals surface area contributed by atoms with E-state index in [4.69, 9.17) is 0 Å². The first kappa shape index (κ1) is 16.3. The number of piperazine rings is 1. The Morgan fingerprint density at radius 2 is 2.38 bits per heavy atom. The molecule has 2 atom stereocenters. The molecule has 0 aromatic heterocycles. The quantitative estimate of drug-likeness (QED) is 0.767. The van der Waals surface area contributed by atoms with Gasteiger partial charge in [-0.15, -0.1) is 0 Å². The normalized spacial score (nSPS) is 21.0. The minimum Gasteiger partial charge on any atom is -0.508 e. The number of carbonyl (C=O) groups excluding carboxylic acids is 1. The molecule has 21 heavy (non-hydrogen) atoms. The summed E-state index contributed by atoms with van der Waals surface area (Å²) >= 11 is 3.45. The van der Waals surface area contributed by atoms with E-state index in [2.05, 4.69) is 38.4 Å². The Labute approximate surface area is 133 Å². The molecule has 5 nitrogen and oxygen atoms in total. The highest BCUT2D eigenvalue weighted by Gasteiger charge is 2.34. The molecule has 0 saturated carbocycles. The maximum Gasteiger partial charge on any atom is 0.238 e. The molecule has 116 valence electrons. The van der Waals surface area contributed by atoms with Gasteiger partial charge in [0.25, 0.3) is 0 Å². The van der Waals surface area contributed by atoms with Gasteiger partial charge < -0.3 is 15.7 Å². The molecule has 0 radical (unpaired) electrons. The molecule has 1 aliphatic heterocycles. The molecule has 1 heterocycles. The van der Waals surface area contributed by atoms with Crippen LogP contribution in [0, 0.1) is 0 Å². The van der Waals surface area contributed by atoms with Gasteiger partial charge >= 0.3 is 0 Å². The summed E-state index contributed by atoms with van der Waals surface area (Å²) in [6.07, 6.45) is 0.831. The Morgan fingerprint density at radius 1 is 1.62 bits per heavy atom. The van der Waals surface area contributed by atoms with E-state index in [-0.39, 0.29) is 23.7 Å². The van der Waals surface area contributed by atoms with Crippen LogP contribution in [0.25, 0.3) is 0 Å². The first-order valence-electron chi connectivity index (χ1n) is 7.25. The molecule has 1 saturated heterocycles. The van der Waals surface area contributed by atoms with Crippen molar-refractivity contribution in [3.8, 4) is 5.75 Å². The number of rotatable bonds is 4. The maximum absolute atomic E-state index is 12.1. The lowest BCUT2D eigenvalue weighted by molar-refractivity contribution is -0.127. The van der Waals surface area contributed by atoms with Gasteiger partial charge in [-0.1, -0.05) is 22.9 Å². The van der Waals surface area contributed by atoms with Gasteiger partial charge in [-0.25, -0.2) is 0 Å². The molecule has 1 amide bonds. The standard InChI is InChI=1S/C15H22BrN3O2/c1-3-12(11-8-10(16)4-5-14(11)20)19-7-6-18-9-13(19)15(21)17-2/h4-5,8,12-13,18,20H,3,6-7,9H2,1-2H3,(H,17,21). The van der Waals surface area contributed by atoms with Gasteiger partial charge in [-0.05, 0) is 24.6 Å². The lowest BCUT2D eigenvalue weighted by Crippen LogP contribution is -2.58. The highest BCUT2D eigenvalue weighted by atomic mass is 79.9. The number of hydrogen-bond acceptors (Lipinski definition) is 4. The molecular weight excluding hydrogens is 334 g/mol. The monoisotopic (exact) mass is 355 g/mol. The SMILES string of the molecule is CCC(c1cc(Br)ccc1O)N1CCNCC1C(=O)NC. The summed E-state index contributed by atoms with van der Waals surface area (Å²) in [7, 11) is 1.66. The Hall–Kier alpha value is -1.11. The summed E-state index contributed by atoms with van der Waals surface area (Å²) in [6.45, 7) is 4.33. The van der Waals surface area contributed by atoms with Crippen molar-refractivity contribution in [2.24, 2.45) is 0 Å². The molecular formula is C15H22BrN3O2. The summed E-state index contributed by atoms with van der Waals surface area (Å²) in [5.74, 6) is 0.286. The molecule has 1 aromatic carbocycles. The van der Waals surface area contributed by atoms with Crippen LogP contribution in [0.3, 0.4) is 0 Å². The smallest absolute Gasteiger partial charge is 0.238 e. The van der Waals surface area contributed by atoms with E-state index < -0.39 is 0 Å². The third-order valence-corrected chi connectivity index (χ3v) is 4.46. The number of nitrogens with one attached hydrogen (secondary N) is 2. The van der Waals surface area contributed by atoms with Gasteiger partial charge in [0.1, 0.15) is 11.8 Å². The molecule has 2 rings (SSSR count). The van der Waals surface area contributed by atoms with Crippen molar-refractivity contribution in [2.45, 2.75) is 25.4 Å². The number of likely N-dealkylation sites (N-methyl/N-ethyl adjacent to an activating group) is 1. The zero-order chi connectivity index (χ0) is 15.4. The van der Waals surface area contributed by atoms with E-state index in [1.807, 2.05) is 12.1 Å². The minimum absolute atomic E-state index is 0.00939. The maximum atomic E-state index is 12.1. The lowest BCUT2D eigenvalue weighted by Gasteiger charge is -2.40. The van der Waals surface area contributed by atoms with Gasteiger partial charge in [0, 0.05) is 42.8 Å². The summed E-state index contributed by atoms with van der Waals surface area (Å²) < 4.78 is 0.931. The second kappa shape index (κ2) is 7.24. The van der Waals surface area contributed by atoms with Crippen molar-refractivity contribution >= 4 is 21.8 Å². The molecule has 1 aliphatic rings. The molecule has 0 spiro atoms. The number of benzene rings is 1. The fraction of sp³-hybridized carbons (Fsp3) is 0.533. The highest BCUT2D eigenvalue weighted by molar-refractivity contribution is 9.10. The third kappa shape index (κ3) is 3.56. The van der Waals surface area contributed by atoms with Crippen molar-refractivity contribution in [3.63, 3.8) is 0 Å². The predicted molar refractivity (Wildman–Crippen MR) is 86.3 cm³/mol. The first-order chi connectivity index (χ1) is 10.1. The zero-order valence-electron chi connectivity index (χ0n) is 12.4. The van der Waals surface area contributed by atoms with E-state index in [1.54, 1.807) is 13.1 Å². The van der Waals surface area contributed by atoms with Crippen molar-refractivity contribution in [3.05, 3.63) is 28.2 Å². The van der Waals surface area contributed by atoms with Gasteiger partial charge in [-0.2, -0.15) is 0 Å². The van der Waals surface area contributed by atoms with Crippen molar-refractivity contribution in [1.82, 2.24) is 15.5 Å². The van der Waals surface area contributed by atoms with Crippen LogP contribution in [-0.2, 0) is 4.79 Å². The van der Waals surface area contributed by atoms with Gasteiger partial charge in [-0.3, -0.25) is 9.69 Å². The average molecular weight is 356 g/mol. The van der Waals surface area contributed by atoms with Crippen molar-refractivity contribution < 1.29 is 9.90 Å². The number of carbonyl (C=O) groups is 1. The molecule has 1 aromatic rings. The van der Waals surface area contributed by atoms with Crippen LogP contribution in [0.15, 0.2) is 22.7 Å². The second-order valence-corrected chi connectivity index (χ2v) is 6.11. The minimum atomic E-state index is -0.216. The fourth-order valence-corrected chi connectivity index (χ4v) is 3.31. The van der Waals surface area contributed by atoms with Gasteiger partial charge in [0.05, 0.1) is 0 Å². The number of phenolic OH excluding ortho intramolecular Hbond substituents is 1. The van der Waals surface area contributed by atoms with Crippen LogP contribution in [-0.4, -0.2) is 48.6 Å². The summed E-state index contributed by atoms with van der Waals surface area (Å²) in [5.41, 5.74) is 0.864. The zero-order valence-corrected chi connectivity index (χ0v) is 14.0. The van der Waals surface area contributed by atoms with Crippen molar-refractivity contribution in [2.75, 3.05) is 26.7 Å². The molecule has 6 heteroatoms. The topological polar surface area (TPSA) is 64.6 Å². The molecule has 0 bridgehead atoms. The Morgan fingerprint density at radius 3 is 3.05 bits per heavy atom. The van der Waals surface area contributed by atoms with E-state index in [0.717, 1.165) is 29.5 Å². The summed E-state index contributed by atoms with van der Waals surface area (Å²) in [5, 5.41) is 16.2. The van der Waals surface area contributed by atoms with E-state index in [1.165, 1.54) is 0 Å². The van der Waals surface area contributed by atoms with Crippen LogP contribution in [0.2, 0.25) is 0 Å². The molecule has 1 fully saturated rings. The van der Waals surface area contributed by atoms with Gasteiger partial charge in [0.15, 0.2) is 0 Å². The number of nitrogens with zero attached hydrogens (tertiary/aromatic N) is 1. The van der Waals surface area contributed by atoms with Crippen molar-refractivity contribution in [1.29, 1.82) is 0 Å². The Kier molecular flexibility index (Phi) is 5.61. The van der Waals surface area contributed by atoms with E-state index >= 15 is 0 Å². The molecule has 3 N–H and O–H groups in total. The van der Waals surface area contributed by atoms with Crippen LogP contribution in [0.4, 0.5) is 0 Å². The van der Waals surface area contributed by atoms with Crippen LogP contribution in [0.1, 0.15) is 24.9 Å². The molecule has 0 aliphatic carbocycles. The number of aromatic hydroxyl groups is 1. The van der Waals surface area contributed by atoms with Crippen LogP contribution < -0.4 is 10.6 Å². The van der Waals surface area contributed by atoms with Crippen LogP contribution >= 0.6 is 15.9 Å². The molecule has 2 unspecified atom stereocenters. The fourth-order valence-electron chi connectivity index (χ4n) is 2.93. The Bertz CT molecular complexity index is 510. The Balaban J connectivity index is 2.33. The number of amides is 1. The predicted octanol–water partition coefficient (Wildman–Crippen LogP) is 1.63. The largest absolute Gasteiger partial charge is 0.508 e. The first-order valence-corrected chi connectivity index (χ1v) is 8.04. The summed E-state index contributed by atoms with van der Waals surface area (Å²) in [4.78, 5) is 14.3. The lowest BCUT2D eigenvalue weighted by atomic mass is 9.98. The average Bonchev–Trinajstić information content (AvgIpc) is 2.51. The summed E-state index contributed by atoms with van der Waals surface area (Å²) in [6, 6.07) is 5.25. The highest BCUT2D eigenvalue weighted by Crippen LogP contribution is 2.34. The number of hydrogen-bond donors (Lipinski definition) is 3.